The molecular weight excluding hydrogens is 391 g/mol. The summed E-state index contributed by atoms with van der Waals surface area (Å²) in [5.74, 6) is 0.802. The number of sulfonamides is 1. The van der Waals surface area contributed by atoms with Gasteiger partial charge in [0.2, 0.25) is 10.0 Å². The summed E-state index contributed by atoms with van der Waals surface area (Å²) >= 11 is 2.10. The SMILES string of the molecule is CNS(=O)(=O)c1ccc(C)c(NCc2ccc(I)o2)c1. The molecule has 0 aliphatic rings. The van der Waals surface area contributed by atoms with E-state index >= 15 is 0 Å². The van der Waals surface area contributed by atoms with E-state index in [0.29, 0.717) is 6.54 Å². The Labute approximate surface area is 131 Å². The molecule has 0 unspecified atom stereocenters. The van der Waals surface area contributed by atoms with Crippen molar-refractivity contribution in [3.63, 3.8) is 0 Å². The molecule has 2 rings (SSSR count). The highest BCUT2D eigenvalue weighted by Crippen LogP contribution is 2.21. The Morgan fingerprint density at radius 2 is 2.00 bits per heavy atom. The van der Waals surface area contributed by atoms with E-state index in [1.807, 2.05) is 19.1 Å². The van der Waals surface area contributed by atoms with Crippen LogP contribution >= 0.6 is 22.6 Å². The molecule has 0 aliphatic heterocycles. The predicted molar refractivity (Wildman–Crippen MR) is 86.2 cm³/mol. The molecule has 0 amide bonds. The van der Waals surface area contributed by atoms with Gasteiger partial charge in [-0.15, -0.1) is 0 Å². The van der Waals surface area contributed by atoms with E-state index in [0.717, 1.165) is 20.8 Å². The van der Waals surface area contributed by atoms with Gasteiger partial charge in [0, 0.05) is 5.69 Å². The van der Waals surface area contributed by atoms with Gasteiger partial charge in [0.15, 0.2) is 3.77 Å². The molecule has 1 aromatic heterocycles. The molecule has 0 spiro atoms. The van der Waals surface area contributed by atoms with E-state index in [1.165, 1.54) is 7.05 Å². The van der Waals surface area contributed by atoms with Gasteiger partial charge in [0.05, 0.1) is 11.4 Å². The Morgan fingerprint density at radius 3 is 2.60 bits per heavy atom. The Balaban J connectivity index is 2.21. The van der Waals surface area contributed by atoms with Crippen molar-refractivity contribution in [2.45, 2.75) is 18.4 Å². The van der Waals surface area contributed by atoms with Gasteiger partial charge in [-0.3, -0.25) is 0 Å². The molecule has 2 aromatic rings. The van der Waals surface area contributed by atoms with Gasteiger partial charge in [-0.05, 0) is 66.4 Å². The number of hydrogen-bond acceptors (Lipinski definition) is 4. The summed E-state index contributed by atoms with van der Waals surface area (Å²) in [6, 6.07) is 8.75. The Kier molecular flexibility index (Phi) is 4.71. The van der Waals surface area contributed by atoms with Gasteiger partial charge in [-0.25, -0.2) is 13.1 Å². The highest BCUT2D eigenvalue weighted by Gasteiger charge is 2.13. The minimum atomic E-state index is -3.43. The minimum absolute atomic E-state index is 0.238. The topological polar surface area (TPSA) is 71.3 Å². The zero-order valence-electron chi connectivity index (χ0n) is 11.1. The molecule has 7 heteroatoms. The lowest BCUT2D eigenvalue weighted by molar-refractivity contribution is 0.493. The zero-order chi connectivity index (χ0) is 14.8. The number of hydrogen-bond donors (Lipinski definition) is 2. The largest absolute Gasteiger partial charge is 0.454 e. The highest BCUT2D eigenvalue weighted by molar-refractivity contribution is 14.1. The summed E-state index contributed by atoms with van der Waals surface area (Å²) in [5.41, 5.74) is 1.74. The fourth-order valence-corrected chi connectivity index (χ4v) is 2.92. The first-order valence-electron chi connectivity index (χ1n) is 5.94. The molecule has 0 fully saturated rings. The minimum Gasteiger partial charge on any atom is -0.454 e. The zero-order valence-corrected chi connectivity index (χ0v) is 14.1. The van der Waals surface area contributed by atoms with Crippen LogP contribution in [0.2, 0.25) is 0 Å². The van der Waals surface area contributed by atoms with E-state index in [1.54, 1.807) is 18.2 Å². The third-order valence-electron chi connectivity index (χ3n) is 2.87. The average Bonchev–Trinajstić information content (AvgIpc) is 2.83. The van der Waals surface area contributed by atoms with Crippen molar-refractivity contribution in [3.8, 4) is 0 Å². The van der Waals surface area contributed by atoms with E-state index in [9.17, 15) is 8.42 Å². The number of anilines is 1. The second-order valence-corrected chi connectivity index (χ2v) is 7.19. The first kappa shape index (κ1) is 15.3. The van der Waals surface area contributed by atoms with Gasteiger partial charge >= 0.3 is 0 Å². The van der Waals surface area contributed by atoms with Crippen molar-refractivity contribution in [1.82, 2.24) is 4.72 Å². The summed E-state index contributed by atoms with van der Waals surface area (Å²) < 4.78 is 32.2. The maximum atomic E-state index is 11.8. The maximum absolute atomic E-state index is 11.8. The van der Waals surface area contributed by atoms with Crippen molar-refractivity contribution < 1.29 is 12.8 Å². The summed E-state index contributed by atoms with van der Waals surface area (Å²) in [7, 11) is -2.04. The van der Waals surface area contributed by atoms with Gasteiger partial charge < -0.3 is 9.73 Å². The first-order valence-corrected chi connectivity index (χ1v) is 8.51. The standard InChI is InChI=1S/C13H15IN2O3S/c1-9-3-5-11(20(17,18)15-2)7-12(9)16-8-10-4-6-13(14)19-10/h3-7,15-16H,8H2,1-2H3. The quantitative estimate of drug-likeness (QED) is 0.750. The van der Waals surface area contributed by atoms with Crippen LogP contribution in [0.1, 0.15) is 11.3 Å². The first-order chi connectivity index (χ1) is 9.42. The molecule has 1 heterocycles. The van der Waals surface area contributed by atoms with Gasteiger partial charge in [0.25, 0.3) is 0 Å². The van der Waals surface area contributed by atoms with Crippen molar-refractivity contribution in [3.05, 3.63) is 45.4 Å². The summed E-state index contributed by atoms with van der Waals surface area (Å²) in [5, 5.41) is 3.19. The summed E-state index contributed by atoms with van der Waals surface area (Å²) in [6.45, 7) is 2.43. The molecule has 0 aliphatic carbocycles. The lowest BCUT2D eigenvalue weighted by Crippen LogP contribution is -2.18. The Morgan fingerprint density at radius 1 is 1.25 bits per heavy atom. The van der Waals surface area contributed by atoms with Gasteiger partial charge in [-0.1, -0.05) is 6.07 Å². The monoisotopic (exact) mass is 406 g/mol. The van der Waals surface area contributed by atoms with Crippen LogP contribution in [0, 0.1) is 10.7 Å². The molecule has 0 saturated heterocycles. The number of furan rings is 1. The van der Waals surface area contributed by atoms with Crippen molar-refractivity contribution >= 4 is 38.3 Å². The van der Waals surface area contributed by atoms with E-state index in [2.05, 4.69) is 32.6 Å². The molecule has 20 heavy (non-hydrogen) atoms. The predicted octanol–water partition coefficient (Wildman–Crippen LogP) is 2.71. The maximum Gasteiger partial charge on any atom is 0.240 e. The summed E-state index contributed by atoms with van der Waals surface area (Å²) in [4.78, 5) is 0.238. The summed E-state index contributed by atoms with van der Waals surface area (Å²) in [6.07, 6.45) is 0. The molecule has 5 nitrogen and oxygen atoms in total. The van der Waals surface area contributed by atoms with Gasteiger partial charge in [-0.2, -0.15) is 0 Å². The molecule has 2 N–H and O–H groups in total. The smallest absolute Gasteiger partial charge is 0.240 e. The van der Waals surface area contributed by atoms with Crippen LogP contribution in [0.5, 0.6) is 0 Å². The molecule has 1 aromatic carbocycles. The van der Waals surface area contributed by atoms with E-state index in [-0.39, 0.29) is 4.90 Å². The van der Waals surface area contributed by atoms with E-state index in [4.69, 9.17) is 4.42 Å². The van der Waals surface area contributed by atoms with E-state index < -0.39 is 10.0 Å². The normalized spacial score (nSPS) is 11.6. The molecule has 108 valence electrons. The van der Waals surface area contributed by atoms with Crippen LogP contribution < -0.4 is 10.0 Å². The molecule has 0 saturated carbocycles. The van der Waals surface area contributed by atoms with Crippen LogP contribution in [0.15, 0.2) is 39.6 Å². The number of aryl methyl sites for hydroxylation is 1. The average molecular weight is 406 g/mol. The lowest BCUT2D eigenvalue weighted by atomic mass is 10.2. The molecule has 0 radical (unpaired) electrons. The molecular formula is C13H15IN2O3S. The molecule has 0 bridgehead atoms. The number of halogens is 1. The number of nitrogens with one attached hydrogen (secondary N) is 2. The third kappa shape index (κ3) is 3.53. The van der Waals surface area contributed by atoms with Crippen LogP contribution in [0.4, 0.5) is 5.69 Å². The second-order valence-electron chi connectivity index (χ2n) is 4.24. The van der Waals surface area contributed by atoms with Gasteiger partial charge in [0.1, 0.15) is 5.76 Å². The lowest BCUT2D eigenvalue weighted by Gasteiger charge is -2.10. The molecule has 0 atom stereocenters. The van der Waals surface area contributed by atoms with Crippen molar-refractivity contribution in [1.29, 1.82) is 0 Å². The highest BCUT2D eigenvalue weighted by atomic mass is 127. The fraction of sp³-hybridized carbons (Fsp3) is 0.231. The number of benzene rings is 1. The van der Waals surface area contributed by atoms with Crippen molar-refractivity contribution in [2.75, 3.05) is 12.4 Å². The fourth-order valence-electron chi connectivity index (χ4n) is 1.71. The van der Waals surface area contributed by atoms with Crippen LogP contribution in [0.25, 0.3) is 0 Å². The van der Waals surface area contributed by atoms with Crippen LogP contribution in [-0.4, -0.2) is 15.5 Å². The second kappa shape index (κ2) is 6.15. The Bertz CT molecular complexity index is 710. The third-order valence-corrected chi connectivity index (χ3v) is 4.86. The van der Waals surface area contributed by atoms with Crippen LogP contribution in [-0.2, 0) is 16.6 Å². The van der Waals surface area contributed by atoms with Crippen LogP contribution in [0.3, 0.4) is 0 Å². The number of rotatable bonds is 5. The van der Waals surface area contributed by atoms with Crippen molar-refractivity contribution in [2.24, 2.45) is 0 Å². The Hall–Kier alpha value is -1.06.